The maximum absolute atomic E-state index is 4.46. The lowest BCUT2D eigenvalue weighted by Crippen LogP contribution is -2.36. The van der Waals surface area contributed by atoms with Gasteiger partial charge in [0.2, 0.25) is 0 Å². The first kappa shape index (κ1) is 33.5. The summed E-state index contributed by atoms with van der Waals surface area (Å²) >= 11 is 0. The van der Waals surface area contributed by atoms with Gasteiger partial charge < -0.3 is 0 Å². The third-order valence-electron chi connectivity index (χ3n) is 11.0. The fourth-order valence-corrected chi connectivity index (χ4v) is 8.47. The highest BCUT2D eigenvalue weighted by Gasteiger charge is 2.27. The molecule has 0 saturated heterocycles. The summed E-state index contributed by atoms with van der Waals surface area (Å²) < 4.78 is 0. The molecule has 7 rings (SSSR count). The van der Waals surface area contributed by atoms with Crippen LogP contribution in [0.5, 0.6) is 0 Å². The number of fused-ring (bicyclic) bond motifs is 3. The molecule has 2 aliphatic carbocycles. The molecular formula is C49H49N. The number of benzene rings is 4. The van der Waals surface area contributed by atoms with Crippen LogP contribution in [0.3, 0.4) is 0 Å². The van der Waals surface area contributed by atoms with Gasteiger partial charge in [0, 0.05) is 12.5 Å². The van der Waals surface area contributed by atoms with Crippen molar-refractivity contribution in [1.29, 1.82) is 0 Å². The fraction of sp³-hybridized carbons (Fsp3) is 0.245. The molecule has 0 N–H and O–H groups in total. The maximum atomic E-state index is 4.46. The van der Waals surface area contributed by atoms with Gasteiger partial charge in [-0.15, -0.1) is 0 Å². The molecule has 0 spiro atoms. The van der Waals surface area contributed by atoms with E-state index in [1.807, 2.05) is 12.2 Å². The van der Waals surface area contributed by atoms with E-state index in [4.69, 9.17) is 0 Å². The van der Waals surface area contributed by atoms with Crippen LogP contribution < -0.4 is 10.4 Å². The fourth-order valence-electron chi connectivity index (χ4n) is 8.47. The molecule has 0 amide bonds. The Hall–Kier alpha value is -5.01. The van der Waals surface area contributed by atoms with Crippen LogP contribution in [0.2, 0.25) is 0 Å². The standard InChI is InChI=1S/C49H49N/c1-5-7-8-17-41-33-47(44-22-13-18-38-15-9-11-20-42(38)44)45-25-24-40(36(6-2)31-34(3)30-35(4)37-26-28-50-29-27-37)32-48(45)49(41)46-23-14-19-39-16-10-12-21-43(39)46/h5-21,23-25,28,30,32,34,37,44H,1,22,26-27,29,31,33H2,2-4H3/b8-7-,35-30+,36-6-,41-17+/t34-,37?,44?/m0/s1. The summed E-state index contributed by atoms with van der Waals surface area (Å²) in [5, 5.41) is 5.29. The minimum Gasteiger partial charge on any atom is -0.297 e. The van der Waals surface area contributed by atoms with Crippen LogP contribution in [-0.4, -0.2) is 12.8 Å². The largest absolute Gasteiger partial charge is 0.297 e. The van der Waals surface area contributed by atoms with Crippen LogP contribution in [0.15, 0.2) is 150 Å². The van der Waals surface area contributed by atoms with Crippen molar-refractivity contribution in [3.05, 3.63) is 178 Å². The van der Waals surface area contributed by atoms with E-state index in [1.54, 1.807) is 0 Å². The Morgan fingerprint density at radius 3 is 2.62 bits per heavy atom. The molecule has 1 nitrogen and oxygen atoms in total. The van der Waals surface area contributed by atoms with Gasteiger partial charge in [-0.1, -0.05) is 152 Å². The van der Waals surface area contributed by atoms with E-state index in [0.717, 1.165) is 38.6 Å². The topological polar surface area (TPSA) is 12.4 Å². The molecule has 1 heteroatoms. The Labute approximate surface area is 298 Å². The third kappa shape index (κ3) is 6.88. The van der Waals surface area contributed by atoms with E-state index in [-0.39, 0.29) is 0 Å². The average molecular weight is 652 g/mol. The van der Waals surface area contributed by atoms with E-state index in [0.29, 0.717) is 17.8 Å². The van der Waals surface area contributed by atoms with Crippen molar-refractivity contribution in [3.8, 4) is 0 Å². The predicted molar refractivity (Wildman–Crippen MR) is 218 cm³/mol. The van der Waals surface area contributed by atoms with Crippen LogP contribution in [0, 0.1) is 11.8 Å². The molecule has 0 fully saturated rings. The molecule has 4 aromatic carbocycles. The number of rotatable bonds is 9. The number of hydrogen-bond acceptors (Lipinski definition) is 1. The Morgan fingerprint density at radius 2 is 1.78 bits per heavy atom. The minimum absolute atomic E-state index is 0.334. The van der Waals surface area contributed by atoms with Gasteiger partial charge in [-0.2, -0.15) is 0 Å². The van der Waals surface area contributed by atoms with Gasteiger partial charge in [-0.25, -0.2) is 0 Å². The van der Waals surface area contributed by atoms with Crippen molar-refractivity contribution >= 4 is 39.8 Å². The molecule has 0 saturated carbocycles. The van der Waals surface area contributed by atoms with Crippen LogP contribution in [0.1, 0.15) is 81.0 Å². The van der Waals surface area contributed by atoms with Crippen LogP contribution in [-0.2, 0) is 0 Å². The third-order valence-corrected chi connectivity index (χ3v) is 11.0. The quantitative estimate of drug-likeness (QED) is 0.126. The molecule has 0 radical (unpaired) electrons. The SMILES string of the molecule is C=C/C=C\C=C1/CC(C2CC=Cc3ccccc32)=c2ccc(/C(=C\C)C[C@@H](C)/C=C(\C)C3CC=NCC3)cc2=C1c1cccc2ccccc12. The van der Waals surface area contributed by atoms with Crippen molar-refractivity contribution < 1.29 is 0 Å². The highest BCUT2D eigenvalue weighted by molar-refractivity contribution is 5.99. The Bertz CT molecular complexity index is 2220. The molecule has 2 unspecified atom stereocenters. The highest BCUT2D eigenvalue weighted by atomic mass is 14.7. The summed E-state index contributed by atoms with van der Waals surface area (Å²) in [4.78, 5) is 4.46. The van der Waals surface area contributed by atoms with Gasteiger partial charge in [-0.05, 0) is 130 Å². The summed E-state index contributed by atoms with van der Waals surface area (Å²) in [5.74, 6) is 1.41. The average Bonchev–Trinajstić information content (AvgIpc) is 3.16. The Morgan fingerprint density at radius 1 is 0.940 bits per heavy atom. The van der Waals surface area contributed by atoms with Crippen LogP contribution in [0.4, 0.5) is 0 Å². The van der Waals surface area contributed by atoms with E-state index >= 15 is 0 Å². The first-order chi connectivity index (χ1) is 24.6. The first-order valence-corrected chi connectivity index (χ1v) is 18.5. The number of aliphatic imine (C=N–C) groups is 1. The van der Waals surface area contributed by atoms with Crippen molar-refractivity contribution in [2.75, 3.05) is 6.54 Å². The van der Waals surface area contributed by atoms with E-state index < -0.39 is 0 Å². The summed E-state index contributed by atoms with van der Waals surface area (Å²) in [6, 6.07) is 31.9. The number of allylic oxidation sites excluding steroid dienone is 10. The Balaban J connectivity index is 1.44. The minimum atomic E-state index is 0.334. The first-order valence-electron chi connectivity index (χ1n) is 18.5. The second-order valence-electron chi connectivity index (χ2n) is 14.2. The van der Waals surface area contributed by atoms with Gasteiger partial charge in [0.05, 0.1) is 0 Å². The van der Waals surface area contributed by atoms with Gasteiger partial charge in [0.15, 0.2) is 0 Å². The molecule has 1 heterocycles. The summed E-state index contributed by atoms with van der Waals surface area (Å²) in [6.07, 6.45) is 25.2. The lowest BCUT2D eigenvalue weighted by Gasteiger charge is -2.29. The van der Waals surface area contributed by atoms with Crippen molar-refractivity contribution in [1.82, 2.24) is 0 Å². The molecular weight excluding hydrogens is 603 g/mol. The zero-order valence-electron chi connectivity index (χ0n) is 29.9. The second-order valence-corrected chi connectivity index (χ2v) is 14.2. The van der Waals surface area contributed by atoms with Crippen molar-refractivity contribution in [2.45, 2.75) is 58.8 Å². The predicted octanol–water partition coefficient (Wildman–Crippen LogP) is 11.3. The maximum Gasteiger partial charge on any atom is 0.0391 e. The molecule has 3 atom stereocenters. The monoisotopic (exact) mass is 651 g/mol. The molecule has 1 aliphatic heterocycles. The summed E-state index contributed by atoms with van der Waals surface area (Å²) in [7, 11) is 0. The van der Waals surface area contributed by atoms with Gasteiger partial charge in [0.25, 0.3) is 0 Å². The highest BCUT2D eigenvalue weighted by Crippen LogP contribution is 2.42. The molecule has 50 heavy (non-hydrogen) atoms. The molecule has 0 aromatic heterocycles. The number of nitrogens with zero attached hydrogens (tertiary/aromatic N) is 1. The number of hydrogen-bond donors (Lipinski definition) is 0. The van der Waals surface area contributed by atoms with Gasteiger partial charge in [-0.3, -0.25) is 4.99 Å². The molecule has 3 aliphatic rings. The Kier molecular flexibility index (Phi) is 10.2. The normalized spacial score (nSPS) is 20.7. The molecule has 4 aromatic rings. The van der Waals surface area contributed by atoms with Crippen molar-refractivity contribution in [2.24, 2.45) is 16.8 Å². The van der Waals surface area contributed by atoms with E-state index in [9.17, 15) is 0 Å². The van der Waals surface area contributed by atoms with Crippen LogP contribution in [0.25, 0.3) is 33.6 Å². The lowest BCUT2D eigenvalue weighted by molar-refractivity contribution is 0.564. The lowest BCUT2D eigenvalue weighted by atomic mass is 9.74. The zero-order chi connectivity index (χ0) is 34.5. The van der Waals surface area contributed by atoms with Crippen LogP contribution >= 0.6 is 0 Å². The van der Waals surface area contributed by atoms with E-state index in [2.05, 4.69) is 160 Å². The van der Waals surface area contributed by atoms with E-state index in [1.165, 1.54) is 71.3 Å². The molecule has 250 valence electrons. The van der Waals surface area contributed by atoms with Gasteiger partial charge >= 0.3 is 0 Å². The zero-order valence-corrected chi connectivity index (χ0v) is 29.9. The second kappa shape index (κ2) is 15.3. The summed E-state index contributed by atoms with van der Waals surface area (Å²) in [6.45, 7) is 11.8. The van der Waals surface area contributed by atoms with Gasteiger partial charge in [0.1, 0.15) is 0 Å². The summed E-state index contributed by atoms with van der Waals surface area (Å²) in [5.41, 5.74) is 12.5. The van der Waals surface area contributed by atoms with Crippen molar-refractivity contribution in [3.63, 3.8) is 0 Å². The molecule has 0 bridgehead atoms. The smallest absolute Gasteiger partial charge is 0.0391 e.